The lowest BCUT2D eigenvalue weighted by Gasteiger charge is -2.06. The summed E-state index contributed by atoms with van der Waals surface area (Å²) in [5.41, 5.74) is 4.04. The molecule has 4 aromatic rings. The topological polar surface area (TPSA) is 75.9 Å². The van der Waals surface area contributed by atoms with Crippen molar-refractivity contribution in [1.29, 1.82) is 5.26 Å². The first-order valence-corrected chi connectivity index (χ1v) is 9.76. The van der Waals surface area contributed by atoms with Crippen LogP contribution in [0.5, 0.6) is 5.75 Å². The maximum absolute atomic E-state index is 12.2. The molecular formula is C23H15N3O2S. The predicted molar refractivity (Wildman–Crippen MR) is 111 cm³/mol. The Labute approximate surface area is 171 Å². The summed E-state index contributed by atoms with van der Waals surface area (Å²) in [6.07, 6.45) is 1.81. The average Bonchev–Trinajstić information content (AvgIpc) is 3.23. The van der Waals surface area contributed by atoms with E-state index in [1.54, 1.807) is 30.5 Å². The first kappa shape index (κ1) is 18.5. The Bertz CT molecular complexity index is 1160. The van der Waals surface area contributed by atoms with Crippen LogP contribution in [0.25, 0.3) is 21.8 Å². The molecule has 0 aliphatic rings. The lowest BCUT2D eigenvalue weighted by atomic mass is 10.0. The quantitative estimate of drug-likeness (QED) is 0.354. The van der Waals surface area contributed by atoms with E-state index in [2.05, 4.69) is 16.0 Å². The Balaban J connectivity index is 1.38. The molecule has 140 valence electrons. The highest BCUT2D eigenvalue weighted by atomic mass is 32.1. The van der Waals surface area contributed by atoms with E-state index < -0.39 is 0 Å². The van der Waals surface area contributed by atoms with Gasteiger partial charge in [-0.25, -0.2) is 4.98 Å². The van der Waals surface area contributed by atoms with Crippen molar-refractivity contribution in [3.8, 4) is 33.6 Å². The Morgan fingerprint density at radius 3 is 2.38 bits per heavy atom. The largest absolute Gasteiger partial charge is 0.426 e. The molecule has 2 aromatic carbocycles. The Morgan fingerprint density at radius 2 is 1.72 bits per heavy atom. The van der Waals surface area contributed by atoms with E-state index in [9.17, 15) is 4.79 Å². The van der Waals surface area contributed by atoms with Gasteiger partial charge in [-0.05, 0) is 47.5 Å². The molecule has 2 aromatic heterocycles. The number of hydrogen-bond donors (Lipinski definition) is 0. The van der Waals surface area contributed by atoms with Gasteiger partial charge >= 0.3 is 5.97 Å². The molecule has 0 atom stereocenters. The minimum atomic E-state index is -0.367. The fourth-order valence-electron chi connectivity index (χ4n) is 2.76. The second-order valence-electron chi connectivity index (χ2n) is 6.22. The number of thiazole rings is 1. The minimum Gasteiger partial charge on any atom is -0.426 e. The molecule has 29 heavy (non-hydrogen) atoms. The van der Waals surface area contributed by atoms with Crippen LogP contribution in [-0.4, -0.2) is 15.9 Å². The van der Waals surface area contributed by atoms with E-state index in [0.717, 1.165) is 21.8 Å². The Hall–Kier alpha value is -3.82. The lowest BCUT2D eigenvalue weighted by Crippen LogP contribution is -2.11. The second kappa shape index (κ2) is 8.46. The Kier molecular flexibility index (Phi) is 5.41. The highest BCUT2D eigenvalue weighted by Gasteiger charge is 2.11. The number of hydrogen-bond acceptors (Lipinski definition) is 6. The maximum atomic E-state index is 12.2. The number of nitrogens with zero attached hydrogens (tertiary/aromatic N) is 3. The number of nitriles is 1. The van der Waals surface area contributed by atoms with Crippen LogP contribution in [0.1, 0.15) is 11.3 Å². The molecule has 0 saturated carbocycles. The van der Waals surface area contributed by atoms with Crippen molar-refractivity contribution in [3.63, 3.8) is 0 Å². The summed E-state index contributed by atoms with van der Waals surface area (Å²) in [6, 6.07) is 22.3. The van der Waals surface area contributed by atoms with Gasteiger partial charge in [-0.2, -0.15) is 5.26 Å². The zero-order valence-corrected chi connectivity index (χ0v) is 16.1. The highest BCUT2D eigenvalue weighted by molar-refractivity contribution is 7.13. The van der Waals surface area contributed by atoms with Crippen LogP contribution in [-0.2, 0) is 11.2 Å². The Morgan fingerprint density at radius 1 is 1.00 bits per heavy atom. The number of ether oxygens (including phenoxy) is 1. The molecule has 0 radical (unpaired) electrons. The molecule has 0 saturated heterocycles. The van der Waals surface area contributed by atoms with Gasteiger partial charge in [-0.1, -0.05) is 30.3 Å². The van der Waals surface area contributed by atoms with Crippen LogP contribution in [0.4, 0.5) is 0 Å². The average molecular weight is 397 g/mol. The number of pyridine rings is 1. The number of carbonyl (C=O) groups excluding carboxylic acids is 1. The molecule has 6 heteroatoms. The fraction of sp³-hybridized carbons (Fsp3) is 0.0435. The first-order valence-electron chi connectivity index (χ1n) is 8.88. The summed E-state index contributed by atoms with van der Waals surface area (Å²) in [5.74, 6) is 0.113. The van der Waals surface area contributed by atoms with Crippen molar-refractivity contribution in [2.45, 2.75) is 6.42 Å². The standard InChI is InChI=1S/C23H15N3O2S/c24-14-16-4-6-17(7-5-16)18-8-10-20(11-9-18)28-22(27)13-19-15-29-23(26-19)21-3-1-2-12-25-21/h1-12,15H,13H2. The van der Waals surface area contributed by atoms with Crippen molar-refractivity contribution >= 4 is 17.3 Å². The third kappa shape index (κ3) is 4.54. The zero-order chi connectivity index (χ0) is 20.1. The van der Waals surface area contributed by atoms with Gasteiger partial charge < -0.3 is 4.74 Å². The monoisotopic (exact) mass is 397 g/mol. The van der Waals surface area contributed by atoms with E-state index in [1.807, 2.05) is 47.8 Å². The molecule has 0 unspecified atom stereocenters. The normalized spacial score (nSPS) is 10.3. The smallest absolute Gasteiger partial charge is 0.317 e. The molecule has 0 amide bonds. The summed E-state index contributed by atoms with van der Waals surface area (Å²) >= 11 is 1.45. The van der Waals surface area contributed by atoms with E-state index in [1.165, 1.54) is 11.3 Å². The van der Waals surface area contributed by atoms with Gasteiger partial charge in [0, 0.05) is 11.6 Å². The van der Waals surface area contributed by atoms with Gasteiger partial charge in [-0.15, -0.1) is 11.3 Å². The highest BCUT2D eigenvalue weighted by Crippen LogP contribution is 2.24. The van der Waals surface area contributed by atoms with Gasteiger partial charge in [-0.3, -0.25) is 9.78 Å². The van der Waals surface area contributed by atoms with Gasteiger partial charge in [0.2, 0.25) is 0 Å². The third-order valence-corrected chi connectivity index (χ3v) is 5.11. The maximum Gasteiger partial charge on any atom is 0.317 e. The van der Waals surface area contributed by atoms with E-state index >= 15 is 0 Å². The lowest BCUT2D eigenvalue weighted by molar-refractivity contribution is -0.133. The van der Waals surface area contributed by atoms with Gasteiger partial charge in [0.1, 0.15) is 10.8 Å². The molecule has 4 rings (SSSR count). The second-order valence-corrected chi connectivity index (χ2v) is 7.08. The third-order valence-electron chi connectivity index (χ3n) is 4.19. The van der Waals surface area contributed by atoms with Crippen molar-refractivity contribution in [2.24, 2.45) is 0 Å². The first-order chi connectivity index (χ1) is 14.2. The summed E-state index contributed by atoms with van der Waals surface area (Å²) in [4.78, 5) is 21.0. The van der Waals surface area contributed by atoms with Gasteiger partial charge in [0.15, 0.2) is 0 Å². The molecular weight excluding hydrogens is 382 g/mol. The number of benzene rings is 2. The summed E-state index contributed by atoms with van der Waals surface area (Å²) in [5, 5.41) is 11.5. The van der Waals surface area contributed by atoms with Crippen molar-refractivity contribution in [1.82, 2.24) is 9.97 Å². The predicted octanol–water partition coefficient (Wildman–Crippen LogP) is 4.89. The molecule has 5 nitrogen and oxygen atoms in total. The molecule has 2 heterocycles. The van der Waals surface area contributed by atoms with Gasteiger partial charge in [0.25, 0.3) is 0 Å². The van der Waals surface area contributed by atoms with Crippen LogP contribution in [0.15, 0.2) is 78.3 Å². The van der Waals surface area contributed by atoms with Crippen LogP contribution < -0.4 is 4.74 Å². The molecule has 0 bridgehead atoms. The number of aromatic nitrogens is 2. The summed E-state index contributed by atoms with van der Waals surface area (Å²) in [6.45, 7) is 0. The van der Waals surface area contributed by atoms with Crippen LogP contribution in [0.2, 0.25) is 0 Å². The van der Waals surface area contributed by atoms with Crippen molar-refractivity contribution < 1.29 is 9.53 Å². The van der Waals surface area contributed by atoms with Gasteiger partial charge in [0.05, 0.1) is 29.4 Å². The molecule has 0 spiro atoms. The van der Waals surface area contributed by atoms with E-state index in [0.29, 0.717) is 17.0 Å². The zero-order valence-electron chi connectivity index (χ0n) is 15.3. The number of rotatable bonds is 5. The van der Waals surface area contributed by atoms with Crippen LogP contribution in [0, 0.1) is 11.3 Å². The minimum absolute atomic E-state index is 0.0979. The number of carbonyl (C=O) groups is 1. The van der Waals surface area contributed by atoms with Crippen LogP contribution >= 0.6 is 11.3 Å². The van der Waals surface area contributed by atoms with Crippen LogP contribution in [0.3, 0.4) is 0 Å². The van der Waals surface area contributed by atoms with E-state index in [-0.39, 0.29) is 12.4 Å². The fourth-order valence-corrected chi connectivity index (χ4v) is 3.56. The van der Waals surface area contributed by atoms with Crippen molar-refractivity contribution in [3.05, 3.63) is 89.6 Å². The summed E-state index contributed by atoms with van der Waals surface area (Å²) < 4.78 is 5.43. The molecule has 0 aliphatic heterocycles. The van der Waals surface area contributed by atoms with E-state index in [4.69, 9.17) is 10.00 Å². The molecule has 0 fully saturated rings. The summed E-state index contributed by atoms with van der Waals surface area (Å²) in [7, 11) is 0. The SMILES string of the molecule is N#Cc1ccc(-c2ccc(OC(=O)Cc3csc(-c4ccccn4)n3)cc2)cc1. The molecule has 0 aliphatic carbocycles. The molecule has 0 N–H and O–H groups in total. The number of esters is 1. The van der Waals surface area contributed by atoms with Crippen molar-refractivity contribution in [2.75, 3.05) is 0 Å².